The van der Waals surface area contributed by atoms with Crippen LogP contribution in [0.3, 0.4) is 0 Å². The van der Waals surface area contributed by atoms with Gasteiger partial charge in [-0.2, -0.15) is 0 Å². The molecule has 2 aromatic rings. The summed E-state index contributed by atoms with van der Waals surface area (Å²) in [6.07, 6.45) is 4.43. The van der Waals surface area contributed by atoms with Crippen LogP contribution in [0.2, 0.25) is 5.02 Å². The van der Waals surface area contributed by atoms with E-state index < -0.39 is 0 Å². The largest absolute Gasteiger partial charge is 0.493 e. The summed E-state index contributed by atoms with van der Waals surface area (Å²) in [7, 11) is 2.97. The highest BCUT2D eigenvalue weighted by Crippen LogP contribution is 2.36. The zero-order valence-corrected chi connectivity index (χ0v) is 15.8. The van der Waals surface area contributed by atoms with Gasteiger partial charge in [0.25, 0.3) is 11.8 Å². The van der Waals surface area contributed by atoms with Gasteiger partial charge in [0, 0.05) is 44.1 Å². The van der Waals surface area contributed by atoms with Crippen molar-refractivity contribution in [3.05, 3.63) is 47.0 Å². The maximum Gasteiger partial charge on any atom is 0.274 e. The van der Waals surface area contributed by atoms with E-state index in [2.05, 4.69) is 9.97 Å². The van der Waals surface area contributed by atoms with Gasteiger partial charge in [-0.05, 0) is 12.1 Å². The van der Waals surface area contributed by atoms with Gasteiger partial charge in [0.15, 0.2) is 11.5 Å². The predicted octanol–water partition coefficient (Wildman–Crippen LogP) is 1.75. The predicted molar refractivity (Wildman–Crippen MR) is 98.4 cm³/mol. The SMILES string of the molecule is COc1cc(C(=O)N2CCN(C(=O)c3cnccn3)CC2)cc(Cl)c1OC. The van der Waals surface area contributed by atoms with Crippen molar-refractivity contribution in [1.82, 2.24) is 19.8 Å². The van der Waals surface area contributed by atoms with Crippen molar-refractivity contribution in [3.8, 4) is 11.5 Å². The maximum atomic E-state index is 12.8. The molecule has 0 aliphatic carbocycles. The average molecular weight is 391 g/mol. The molecule has 1 aliphatic heterocycles. The van der Waals surface area contributed by atoms with Gasteiger partial charge in [-0.15, -0.1) is 0 Å². The number of hydrogen-bond acceptors (Lipinski definition) is 6. The van der Waals surface area contributed by atoms with Gasteiger partial charge in [0.2, 0.25) is 0 Å². The normalized spacial score (nSPS) is 14.0. The first-order chi connectivity index (χ1) is 13.0. The molecule has 142 valence electrons. The van der Waals surface area contributed by atoms with Crippen LogP contribution in [-0.4, -0.2) is 72.0 Å². The smallest absolute Gasteiger partial charge is 0.274 e. The van der Waals surface area contributed by atoms with Crippen LogP contribution >= 0.6 is 11.6 Å². The molecule has 0 N–H and O–H groups in total. The third-order valence-corrected chi connectivity index (χ3v) is 4.60. The van der Waals surface area contributed by atoms with Gasteiger partial charge < -0.3 is 19.3 Å². The molecule has 1 aromatic heterocycles. The summed E-state index contributed by atoms with van der Waals surface area (Å²) < 4.78 is 10.4. The molecule has 0 bridgehead atoms. The van der Waals surface area contributed by atoms with E-state index in [4.69, 9.17) is 21.1 Å². The second kappa shape index (κ2) is 8.22. The second-order valence-corrected chi connectivity index (χ2v) is 6.28. The Bertz CT molecular complexity index is 839. The van der Waals surface area contributed by atoms with Crippen LogP contribution < -0.4 is 9.47 Å². The third-order valence-electron chi connectivity index (χ3n) is 4.32. The van der Waals surface area contributed by atoms with Gasteiger partial charge in [0.05, 0.1) is 25.4 Å². The molecule has 0 saturated carbocycles. The maximum absolute atomic E-state index is 12.8. The number of nitrogens with zero attached hydrogens (tertiary/aromatic N) is 4. The van der Waals surface area contributed by atoms with Crippen LogP contribution in [0, 0.1) is 0 Å². The minimum absolute atomic E-state index is 0.176. The number of benzene rings is 1. The summed E-state index contributed by atoms with van der Waals surface area (Å²) in [6, 6.07) is 3.16. The number of piperazine rings is 1. The Morgan fingerprint density at radius 1 is 1.00 bits per heavy atom. The molecule has 1 fully saturated rings. The molecule has 2 heterocycles. The molecule has 1 aliphatic rings. The van der Waals surface area contributed by atoms with E-state index in [1.54, 1.807) is 21.9 Å². The van der Waals surface area contributed by atoms with Crippen LogP contribution in [0.1, 0.15) is 20.8 Å². The highest BCUT2D eigenvalue weighted by molar-refractivity contribution is 6.32. The van der Waals surface area contributed by atoms with E-state index in [-0.39, 0.29) is 11.8 Å². The van der Waals surface area contributed by atoms with E-state index in [9.17, 15) is 9.59 Å². The standard InChI is InChI=1S/C18H19ClN4O4/c1-26-15-10-12(9-13(19)16(15)27-2)17(24)22-5-7-23(8-6-22)18(25)14-11-20-3-4-21-14/h3-4,9-11H,5-8H2,1-2H3. The number of rotatable bonds is 4. The van der Waals surface area contributed by atoms with Gasteiger partial charge in [-0.25, -0.2) is 4.98 Å². The second-order valence-electron chi connectivity index (χ2n) is 5.87. The Balaban J connectivity index is 1.68. The van der Waals surface area contributed by atoms with Crippen molar-refractivity contribution in [2.75, 3.05) is 40.4 Å². The highest BCUT2D eigenvalue weighted by atomic mass is 35.5. The number of carbonyl (C=O) groups excluding carboxylic acids is 2. The average Bonchev–Trinajstić information content (AvgIpc) is 2.72. The molecule has 3 rings (SSSR count). The van der Waals surface area contributed by atoms with Crippen LogP contribution in [0.4, 0.5) is 0 Å². The lowest BCUT2D eigenvalue weighted by molar-refractivity contribution is 0.0532. The van der Waals surface area contributed by atoms with E-state index in [1.165, 1.54) is 32.8 Å². The first-order valence-corrected chi connectivity index (χ1v) is 8.69. The number of amides is 2. The molecular formula is C18H19ClN4O4. The van der Waals surface area contributed by atoms with E-state index >= 15 is 0 Å². The number of hydrogen-bond donors (Lipinski definition) is 0. The van der Waals surface area contributed by atoms with Crippen molar-refractivity contribution < 1.29 is 19.1 Å². The number of carbonyl (C=O) groups is 2. The summed E-state index contributed by atoms with van der Waals surface area (Å²) in [4.78, 5) is 36.5. The number of methoxy groups -OCH3 is 2. The Labute approximate surface area is 161 Å². The van der Waals surface area contributed by atoms with Crippen LogP contribution in [0.5, 0.6) is 11.5 Å². The topological polar surface area (TPSA) is 84.9 Å². The fourth-order valence-electron chi connectivity index (χ4n) is 2.91. The lowest BCUT2D eigenvalue weighted by Gasteiger charge is -2.34. The third kappa shape index (κ3) is 3.95. The zero-order chi connectivity index (χ0) is 19.4. The molecule has 1 saturated heterocycles. The fourth-order valence-corrected chi connectivity index (χ4v) is 3.20. The summed E-state index contributed by atoms with van der Waals surface area (Å²) in [5.74, 6) is 0.411. The molecule has 9 heteroatoms. The van der Waals surface area contributed by atoms with E-state index in [1.807, 2.05) is 0 Å². The van der Waals surface area contributed by atoms with Crippen molar-refractivity contribution in [2.45, 2.75) is 0 Å². The lowest BCUT2D eigenvalue weighted by Crippen LogP contribution is -2.50. The molecule has 8 nitrogen and oxygen atoms in total. The van der Waals surface area contributed by atoms with Crippen LogP contribution in [-0.2, 0) is 0 Å². The fraction of sp³-hybridized carbons (Fsp3) is 0.333. The van der Waals surface area contributed by atoms with Crippen molar-refractivity contribution in [2.24, 2.45) is 0 Å². The summed E-state index contributed by atoms with van der Waals surface area (Å²) >= 11 is 6.19. The Hall–Kier alpha value is -2.87. The minimum atomic E-state index is -0.190. The number of ether oxygens (including phenoxy) is 2. The molecule has 0 unspecified atom stereocenters. The number of halogens is 1. The van der Waals surface area contributed by atoms with Crippen LogP contribution in [0.25, 0.3) is 0 Å². The monoisotopic (exact) mass is 390 g/mol. The Morgan fingerprint density at radius 3 is 2.22 bits per heavy atom. The van der Waals surface area contributed by atoms with Gasteiger partial charge in [-0.3, -0.25) is 14.6 Å². The molecular weight excluding hydrogens is 372 g/mol. The quantitative estimate of drug-likeness (QED) is 0.790. The molecule has 0 atom stereocenters. The Morgan fingerprint density at radius 2 is 1.67 bits per heavy atom. The molecule has 0 radical (unpaired) electrons. The first kappa shape index (κ1) is 18.9. The van der Waals surface area contributed by atoms with Crippen molar-refractivity contribution in [1.29, 1.82) is 0 Å². The summed E-state index contributed by atoms with van der Waals surface area (Å²) in [5, 5.41) is 0.302. The molecule has 1 aromatic carbocycles. The van der Waals surface area contributed by atoms with Gasteiger partial charge >= 0.3 is 0 Å². The first-order valence-electron chi connectivity index (χ1n) is 8.31. The Kier molecular flexibility index (Phi) is 5.75. The van der Waals surface area contributed by atoms with Crippen molar-refractivity contribution >= 4 is 23.4 Å². The summed E-state index contributed by atoms with van der Waals surface area (Å²) in [6.45, 7) is 1.66. The number of aromatic nitrogens is 2. The van der Waals surface area contributed by atoms with Gasteiger partial charge in [-0.1, -0.05) is 11.6 Å². The van der Waals surface area contributed by atoms with Crippen molar-refractivity contribution in [3.63, 3.8) is 0 Å². The lowest BCUT2D eigenvalue weighted by atomic mass is 10.1. The van der Waals surface area contributed by atoms with Crippen LogP contribution in [0.15, 0.2) is 30.7 Å². The molecule has 2 amide bonds. The zero-order valence-electron chi connectivity index (χ0n) is 15.0. The minimum Gasteiger partial charge on any atom is -0.493 e. The van der Waals surface area contributed by atoms with E-state index in [0.717, 1.165) is 0 Å². The molecule has 0 spiro atoms. The summed E-state index contributed by atoms with van der Waals surface area (Å²) in [5.41, 5.74) is 0.704. The molecule has 27 heavy (non-hydrogen) atoms. The van der Waals surface area contributed by atoms with Gasteiger partial charge in [0.1, 0.15) is 5.69 Å². The van der Waals surface area contributed by atoms with E-state index in [0.29, 0.717) is 54.0 Å². The highest BCUT2D eigenvalue weighted by Gasteiger charge is 2.27.